The van der Waals surface area contributed by atoms with Crippen molar-refractivity contribution in [3.63, 3.8) is 0 Å². The standard InChI is InChI=1S/C14H23NO4/c1-2-12-9-15(6-7-19-12)13(16)10-4-3-5-11(8-10)14(17)18/h10-12H,2-9H2,1H3,(H,17,18). The van der Waals surface area contributed by atoms with Crippen LogP contribution in [0.25, 0.3) is 0 Å². The smallest absolute Gasteiger partial charge is 0.306 e. The molecule has 0 aromatic rings. The highest BCUT2D eigenvalue weighted by Gasteiger charge is 2.34. The molecule has 1 aliphatic heterocycles. The van der Waals surface area contributed by atoms with Crippen LogP contribution in [0.3, 0.4) is 0 Å². The van der Waals surface area contributed by atoms with Gasteiger partial charge in [0.1, 0.15) is 0 Å². The number of carboxylic acids is 1. The minimum Gasteiger partial charge on any atom is -0.481 e. The number of carbonyl (C=O) groups is 2. The molecule has 0 aromatic carbocycles. The molecule has 3 atom stereocenters. The Hall–Kier alpha value is -1.10. The number of carboxylic acid groups (broad SMARTS) is 1. The maximum Gasteiger partial charge on any atom is 0.306 e. The van der Waals surface area contributed by atoms with Crippen molar-refractivity contribution in [3.05, 3.63) is 0 Å². The Morgan fingerprint density at radius 1 is 1.32 bits per heavy atom. The third kappa shape index (κ3) is 3.47. The zero-order chi connectivity index (χ0) is 13.8. The second-order valence-corrected chi connectivity index (χ2v) is 5.58. The molecule has 1 saturated carbocycles. The van der Waals surface area contributed by atoms with Crippen molar-refractivity contribution in [2.75, 3.05) is 19.7 Å². The van der Waals surface area contributed by atoms with Gasteiger partial charge < -0.3 is 14.7 Å². The van der Waals surface area contributed by atoms with Gasteiger partial charge in [0, 0.05) is 19.0 Å². The van der Waals surface area contributed by atoms with Crippen LogP contribution < -0.4 is 0 Å². The van der Waals surface area contributed by atoms with Gasteiger partial charge in [0.15, 0.2) is 0 Å². The lowest BCUT2D eigenvalue weighted by atomic mass is 9.80. The highest BCUT2D eigenvalue weighted by Crippen LogP contribution is 2.31. The molecular weight excluding hydrogens is 246 g/mol. The van der Waals surface area contributed by atoms with Crippen LogP contribution in [-0.2, 0) is 14.3 Å². The van der Waals surface area contributed by atoms with Crippen LogP contribution >= 0.6 is 0 Å². The highest BCUT2D eigenvalue weighted by atomic mass is 16.5. The summed E-state index contributed by atoms with van der Waals surface area (Å²) in [5.41, 5.74) is 0. The minimum absolute atomic E-state index is 0.106. The van der Waals surface area contributed by atoms with Crippen LogP contribution in [0.1, 0.15) is 39.0 Å². The van der Waals surface area contributed by atoms with E-state index in [-0.39, 0.29) is 23.8 Å². The van der Waals surface area contributed by atoms with Gasteiger partial charge in [-0.2, -0.15) is 0 Å². The predicted molar refractivity (Wildman–Crippen MR) is 69.7 cm³/mol. The fourth-order valence-corrected chi connectivity index (χ4v) is 3.06. The average molecular weight is 269 g/mol. The lowest BCUT2D eigenvalue weighted by Gasteiger charge is -2.36. The number of hydrogen-bond donors (Lipinski definition) is 1. The van der Waals surface area contributed by atoms with Crippen LogP contribution in [0.15, 0.2) is 0 Å². The van der Waals surface area contributed by atoms with Crippen molar-refractivity contribution in [1.82, 2.24) is 4.90 Å². The summed E-state index contributed by atoms with van der Waals surface area (Å²) in [6.45, 7) is 3.95. The fourth-order valence-electron chi connectivity index (χ4n) is 3.06. The third-order valence-corrected chi connectivity index (χ3v) is 4.28. The first-order valence-corrected chi connectivity index (χ1v) is 7.25. The van der Waals surface area contributed by atoms with Crippen LogP contribution in [0.4, 0.5) is 0 Å². The van der Waals surface area contributed by atoms with Gasteiger partial charge in [-0.1, -0.05) is 13.3 Å². The Balaban J connectivity index is 1.93. The number of carbonyl (C=O) groups excluding carboxylic acids is 1. The zero-order valence-corrected chi connectivity index (χ0v) is 11.5. The quantitative estimate of drug-likeness (QED) is 0.843. The maximum atomic E-state index is 12.5. The first-order chi connectivity index (χ1) is 9.11. The highest BCUT2D eigenvalue weighted by molar-refractivity contribution is 5.80. The van der Waals surface area contributed by atoms with Gasteiger partial charge in [0.2, 0.25) is 5.91 Å². The van der Waals surface area contributed by atoms with Gasteiger partial charge in [-0.25, -0.2) is 0 Å². The summed E-state index contributed by atoms with van der Waals surface area (Å²) in [4.78, 5) is 25.4. The van der Waals surface area contributed by atoms with Crippen molar-refractivity contribution in [3.8, 4) is 0 Å². The summed E-state index contributed by atoms with van der Waals surface area (Å²) in [5.74, 6) is -1.07. The summed E-state index contributed by atoms with van der Waals surface area (Å²) in [5, 5.41) is 9.08. The van der Waals surface area contributed by atoms with Crippen molar-refractivity contribution < 1.29 is 19.4 Å². The number of nitrogens with zero attached hydrogens (tertiary/aromatic N) is 1. The van der Waals surface area contributed by atoms with Crippen molar-refractivity contribution in [1.29, 1.82) is 0 Å². The molecule has 2 aliphatic rings. The lowest BCUT2D eigenvalue weighted by Crippen LogP contribution is -2.48. The van der Waals surface area contributed by atoms with E-state index in [1.165, 1.54) is 0 Å². The molecule has 2 fully saturated rings. The van der Waals surface area contributed by atoms with Crippen LogP contribution in [0, 0.1) is 11.8 Å². The van der Waals surface area contributed by atoms with E-state index < -0.39 is 5.97 Å². The third-order valence-electron chi connectivity index (χ3n) is 4.28. The van der Waals surface area contributed by atoms with Crippen molar-refractivity contribution in [2.24, 2.45) is 11.8 Å². The van der Waals surface area contributed by atoms with E-state index in [0.717, 1.165) is 19.3 Å². The Labute approximate surface area is 113 Å². The molecule has 1 saturated heterocycles. The molecule has 0 bridgehead atoms. The number of amides is 1. The van der Waals surface area contributed by atoms with E-state index in [2.05, 4.69) is 6.92 Å². The van der Waals surface area contributed by atoms with Gasteiger partial charge in [-0.15, -0.1) is 0 Å². The Morgan fingerprint density at radius 3 is 2.74 bits per heavy atom. The average Bonchev–Trinajstić information content (AvgIpc) is 2.46. The van der Waals surface area contributed by atoms with Crippen LogP contribution in [0.2, 0.25) is 0 Å². The Morgan fingerprint density at radius 2 is 2.05 bits per heavy atom. The van der Waals surface area contributed by atoms with E-state index >= 15 is 0 Å². The topological polar surface area (TPSA) is 66.8 Å². The van der Waals surface area contributed by atoms with Gasteiger partial charge >= 0.3 is 5.97 Å². The maximum absolute atomic E-state index is 12.5. The van der Waals surface area contributed by atoms with E-state index in [4.69, 9.17) is 9.84 Å². The van der Waals surface area contributed by atoms with Crippen molar-refractivity contribution in [2.45, 2.75) is 45.1 Å². The summed E-state index contributed by atoms with van der Waals surface area (Å²) in [6, 6.07) is 0. The summed E-state index contributed by atoms with van der Waals surface area (Å²) in [6.07, 6.45) is 3.93. The molecule has 0 radical (unpaired) electrons. The summed E-state index contributed by atoms with van der Waals surface area (Å²) < 4.78 is 5.57. The number of aliphatic carboxylic acids is 1. The Kier molecular flexibility index (Phi) is 4.80. The largest absolute Gasteiger partial charge is 0.481 e. The number of morpholine rings is 1. The van der Waals surface area contributed by atoms with Crippen molar-refractivity contribution >= 4 is 11.9 Å². The van der Waals surface area contributed by atoms with E-state index in [1.54, 1.807) is 0 Å². The van der Waals surface area contributed by atoms with Gasteiger partial charge in [0.05, 0.1) is 18.6 Å². The first-order valence-electron chi connectivity index (χ1n) is 7.25. The molecule has 5 heteroatoms. The number of hydrogen-bond acceptors (Lipinski definition) is 3. The molecule has 0 aromatic heterocycles. The molecular formula is C14H23NO4. The molecule has 1 aliphatic carbocycles. The monoisotopic (exact) mass is 269 g/mol. The summed E-state index contributed by atoms with van der Waals surface area (Å²) >= 11 is 0. The number of rotatable bonds is 3. The van der Waals surface area contributed by atoms with Gasteiger partial charge in [-0.3, -0.25) is 9.59 Å². The predicted octanol–water partition coefficient (Wildman–Crippen LogP) is 1.51. The molecule has 1 heterocycles. The minimum atomic E-state index is -0.758. The number of ether oxygens (including phenoxy) is 1. The molecule has 19 heavy (non-hydrogen) atoms. The molecule has 2 rings (SSSR count). The SMILES string of the molecule is CCC1CN(C(=O)C2CCCC(C(=O)O)C2)CCO1. The lowest BCUT2D eigenvalue weighted by molar-refractivity contribution is -0.148. The second kappa shape index (κ2) is 6.37. The van der Waals surface area contributed by atoms with E-state index in [1.807, 2.05) is 4.90 Å². The molecule has 0 spiro atoms. The molecule has 5 nitrogen and oxygen atoms in total. The zero-order valence-electron chi connectivity index (χ0n) is 11.5. The van der Waals surface area contributed by atoms with Crippen LogP contribution in [-0.4, -0.2) is 47.7 Å². The molecule has 1 N–H and O–H groups in total. The van der Waals surface area contributed by atoms with Gasteiger partial charge in [-0.05, 0) is 25.7 Å². The normalized spacial score (nSPS) is 32.1. The first kappa shape index (κ1) is 14.3. The second-order valence-electron chi connectivity index (χ2n) is 5.58. The van der Waals surface area contributed by atoms with E-state index in [9.17, 15) is 9.59 Å². The van der Waals surface area contributed by atoms with Crippen LogP contribution in [0.5, 0.6) is 0 Å². The molecule has 3 unspecified atom stereocenters. The van der Waals surface area contributed by atoms with E-state index in [0.29, 0.717) is 32.5 Å². The Bertz CT molecular complexity index is 344. The fraction of sp³-hybridized carbons (Fsp3) is 0.857. The summed E-state index contributed by atoms with van der Waals surface area (Å²) in [7, 11) is 0. The molecule has 1 amide bonds. The van der Waals surface area contributed by atoms with Gasteiger partial charge in [0.25, 0.3) is 0 Å². The molecule has 108 valence electrons.